The molecule has 0 aliphatic heterocycles. The lowest BCUT2D eigenvalue weighted by molar-refractivity contribution is 0.419. The molecule has 0 aliphatic carbocycles. The number of phenolic OH excluding ortho intramolecular Hbond substituents is 1. The average Bonchev–Trinajstić information content (AvgIpc) is 2.78. The lowest BCUT2D eigenvalue weighted by atomic mass is 10.1. The maximum absolute atomic E-state index is 9.84. The third-order valence-corrected chi connectivity index (χ3v) is 3.59. The van der Waals surface area contributed by atoms with Crippen molar-refractivity contribution >= 4 is 11.8 Å². The SMILES string of the molecule is CCCSCc1noc(-c2ccc(C)cc2O)n1. The molecule has 0 atom stereocenters. The van der Waals surface area contributed by atoms with Crippen molar-refractivity contribution in [1.29, 1.82) is 0 Å². The molecule has 0 aliphatic rings. The van der Waals surface area contributed by atoms with E-state index in [-0.39, 0.29) is 5.75 Å². The number of aryl methyl sites for hydroxylation is 1. The highest BCUT2D eigenvalue weighted by Crippen LogP contribution is 2.28. The third kappa shape index (κ3) is 3.04. The highest BCUT2D eigenvalue weighted by atomic mass is 32.2. The van der Waals surface area contributed by atoms with E-state index in [1.807, 2.05) is 13.0 Å². The third-order valence-electron chi connectivity index (χ3n) is 2.43. The van der Waals surface area contributed by atoms with Crippen molar-refractivity contribution in [3.8, 4) is 17.2 Å². The normalized spacial score (nSPS) is 10.8. The van der Waals surface area contributed by atoms with Gasteiger partial charge in [0.1, 0.15) is 5.75 Å². The van der Waals surface area contributed by atoms with Gasteiger partial charge in [-0.3, -0.25) is 0 Å². The van der Waals surface area contributed by atoms with E-state index >= 15 is 0 Å². The topological polar surface area (TPSA) is 59.2 Å². The van der Waals surface area contributed by atoms with Crippen LogP contribution in [0.4, 0.5) is 0 Å². The van der Waals surface area contributed by atoms with E-state index in [2.05, 4.69) is 17.1 Å². The van der Waals surface area contributed by atoms with Gasteiger partial charge < -0.3 is 9.63 Å². The monoisotopic (exact) mass is 264 g/mol. The average molecular weight is 264 g/mol. The van der Waals surface area contributed by atoms with Crippen molar-refractivity contribution in [2.75, 3.05) is 5.75 Å². The first kappa shape index (κ1) is 13.0. The molecule has 1 aromatic heterocycles. The highest BCUT2D eigenvalue weighted by molar-refractivity contribution is 7.98. The second-order valence-electron chi connectivity index (χ2n) is 4.09. The Labute approximate surface area is 110 Å². The molecular weight excluding hydrogens is 248 g/mol. The summed E-state index contributed by atoms with van der Waals surface area (Å²) >= 11 is 1.77. The van der Waals surface area contributed by atoms with Crippen molar-refractivity contribution in [1.82, 2.24) is 10.1 Å². The van der Waals surface area contributed by atoms with Crippen LogP contribution in [0.1, 0.15) is 24.7 Å². The Balaban J connectivity index is 2.13. The molecule has 18 heavy (non-hydrogen) atoms. The minimum absolute atomic E-state index is 0.173. The first-order valence-electron chi connectivity index (χ1n) is 5.91. The molecule has 2 aromatic rings. The molecule has 1 heterocycles. The fourth-order valence-corrected chi connectivity index (χ4v) is 2.29. The molecule has 0 fully saturated rings. The predicted octanol–water partition coefficient (Wildman–Crippen LogP) is 3.39. The number of nitrogens with zero attached hydrogens (tertiary/aromatic N) is 2. The maximum Gasteiger partial charge on any atom is 0.261 e. The summed E-state index contributed by atoms with van der Waals surface area (Å²) in [6, 6.07) is 5.39. The van der Waals surface area contributed by atoms with Crippen LogP contribution in [0.15, 0.2) is 22.7 Å². The zero-order chi connectivity index (χ0) is 13.0. The number of aromatic nitrogens is 2. The molecule has 0 radical (unpaired) electrons. The van der Waals surface area contributed by atoms with Gasteiger partial charge in [0.15, 0.2) is 5.82 Å². The molecular formula is C13H16N2O2S. The number of benzene rings is 1. The first-order chi connectivity index (χ1) is 8.70. The fourth-order valence-electron chi connectivity index (χ4n) is 1.55. The summed E-state index contributed by atoms with van der Waals surface area (Å²) in [7, 11) is 0. The Bertz CT molecular complexity index is 525. The van der Waals surface area contributed by atoms with Gasteiger partial charge >= 0.3 is 0 Å². The molecule has 0 spiro atoms. The van der Waals surface area contributed by atoms with Gasteiger partial charge in [-0.25, -0.2) is 0 Å². The number of rotatable bonds is 5. The van der Waals surface area contributed by atoms with Gasteiger partial charge in [0, 0.05) is 0 Å². The zero-order valence-electron chi connectivity index (χ0n) is 10.5. The van der Waals surface area contributed by atoms with Gasteiger partial charge in [0.05, 0.1) is 11.3 Å². The highest BCUT2D eigenvalue weighted by Gasteiger charge is 2.12. The van der Waals surface area contributed by atoms with Gasteiger partial charge in [0.25, 0.3) is 5.89 Å². The molecule has 0 amide bonds. The van der Waals surface area contributed by atoms with Gasteiger partial charge in [-0.2, -0.15) is 16.7 Å². The number of hydrogen-bond donors (Lipinski definition) is 1. The lowest BCUT2D eigenvalue weighted by Crippen LogP contribution is -1.86. The molecule has 0 saturated heterocycles. The van der Waals surface area contributed by atoms with Crippen LogP contribution in [-0.2, 0) is 5.75 Å². The number of phenols is 1. The molecule has 0 saturated carbocycles. The van der Waals surface area contributed by atoms with Crippen molar-refractivity contribution < 1.29 is 9.63 Å². The summed E-state index contributed by atoms with van der Waals surface area (Å²) in [6.07, 6.45) is 1.13. The van der Waals surface area contributed by atoms with Gasteiger partial charge in [-0.1, -0.05) is 18.1 Å². The largest absolute Gasteiger partial charge is 0.507 e. The molecule has 0 bridgehead atoms. The molecule has 5 heteroatoms. The van der Waals surface area contributed by atoms with Gasteiger partial charge in [-0.15, -0.1) is 0 Å². The molecule has 1 N–H and O–H groups in total. The van der Waals surface area contributed by atoms with Crippen LogP contribution < -0.4 is 0 Å². The van der Waals surface area contributed by atoms with Crippen LogP contribution in [0.25, 0.3) is 11.5 Å². The first-order valence-corrected chi connectivity index (χ1v) is 7.06. The Morgan fingerprint density at radius 3 is 2.94 bits per heavy atom. The summed E-state index contributed by atoms with van der Waals surface area (Å²) in [4.78, 5) is 4.28. The Hall–Kier alpha value is -1.49. The van der Waals surface area contributed by atoms with E-state index in [0.717, 1.165) is 23.5 Å². The number of aromatic hydroxyl groups is 1. The quantitative estimate of drug-likeness (QED) is 0.839. The van der Waals surface area contributed by atoms with Gasteiger partial charge in [-0.05, 0) is 36.8 Å². The van der Waals surface area contributed by atoms with Crippen molar-refractivity contribution in [2.45, 2.75) is 26.0 Å². The minimum atomic E-state index is 0.173. The van der Waals surface area contributed by atoms with Crippen LogP contribution in [-0.4, -0.2) is 21.0 Å². The van der Waals surface area contributed by atoms with Crippen LogP contribution in [0.2, 0.25) is 0 Å². The second-order valence-corrected chi connectivity index (χ2v) is 5.19. The molecule has 96 valence electrons. The Morgan fingerprint density at radius 1 is 1.39 bits per heavy atom. The van der Waals surface area contributed by atoms with E-state index < -0.39 is 0 Å². The molecule has 2 rings (SSSR count). The van der Waals surface area contributed by atoms with E-state index in [9.17, 15) is 5.11 Å². The standard InChI is InChI=1S/C13H16N2O2S/c1-3-6-18-8-12-14-13(17-15-12)10-5-4-9(2)7-11(10)16/h4-5,7,16H,3,6,8H2,1-2H3. The number of hydrogen-bond acceptors (Lipinski definition) is 5. The second kappa shape index (κ2) is 5.91. The fraction of sp³-hybridized carbons (Fsp3) is 0.385. The van der Waals surface area contributed by atoms with Crippen molar-refractivity contribution in [3.63, 3.8) is 0 Å². The molecule has 0 unspecified atom stereocenters. The smallest absolute Gasteiger partial charge is 0.261 e. The maximum atomic E-state index is 9.84. The zero-order valence-corrected chi connectivity index (χ0v) is 11.3. The van der Waals surface area contributed by atoms with Crippen LogP contribution in [0.3, 0.4) is 0 Å². The lowest BCUT2D eigenvalue weighted by Gasteiger charge is -1.99. The van der Waals surface area contributed by atoms with Crippen LogP contribution >= 0.6 is 11.8 Å². The number of thioether (sulfide) groups is 1. The Morgan fingerprint density at radius 2 is 2.22 bits per heavy atom. The minimum Gasteiger partial charge on any atom is -0.507 e. The molecule has 4 nitrogen and oxygen atoms in total. The van der Waals surface area contributed by atoms with E-state index in [0.29, 0.717) is 17.3 Å². The van der Waals surface area contributed by atoms with Crippen molar-refractivity contribution in [3.05, 3.63) is 29.6 Å². The van der Waals surface area contributed by atoms with E-state index in [1.54, 1.807) is 23.9 Å². The molecule has 1 aromatic carbocycles. The summed E-state index contributed by atoms with van der Waals surface area (Å²) in [5.41, 5.74) is 1.58. The van der Waals surface area contributed by atoms with E-state index in [4.69, 9.17) is 4.52 Å². The van der Waals surface area contributed by atoms with Crippen LogP contribution in [0.5, 0.6) is 5.75 Å². The van der Waals surface area contributed by atoms with Gasteiger partial charge in [0.2, 0.25) is 0 Å². The summed E-state index contributed by atoms with van der Waals surface area (Å²) in [5.74, 6) is 3.04. The summed E-state index contributed by atoms with van der Waals surface area (Å²) < 4.78 is 5.17. The Kier molecular flexibility index (Phi) is 4.25. The summed E-state index contributed by atoms with van der Waals surface area (Å²) in [6.45, 7) is 4.06. The van der Waals surface area contributed by atoms with E-state index in [1.165, 1.54) is 0 Å². The van der Waals surface area contributed by atoms with Crippen molar-refractivity contribution in [2.24, 2.45) is 0 Å². The summed E-state index contributed by atoms with van der Waals surface area (Å²) in [5, 5.41) is 13.7. The van der Waals surface area contributed by atoms with Crippen LogP contribution in [0, 0.1) is 6.92 Å². The predicted molar refractivity (Wildman–Crippen MR) is 72.6 cm³/mol.